The van der Waals surface area contributed by atoms with Crippen LogP contribution in [0.4, 0.5) is 21.9 Å². The first-order valence-corrected chi connectivity index (χ1v) is 12.4. The lowest BCUT2D eigenvalue weighted by atomic mass is 9.92. The van der Waals surface area contributed by atoms with E-state index in [0.717, 1.165) is 30.6 Å². The number of nitrogens with zero attached hydrogens (tertiary/aromatic N) is 3. The van der Waals surface area contributed by atoms with Gasteiger partial charge < -0.3 is 25.0 Å². The Morgan fingerprint density at radius 3 is 2.47 bits per heavy atom. The summed E-state index contributed by atoms with van der Waals surface area (Å²) in [5.41, 5.74) is 3.51. The third-order valence-corrected chi connectivity index (χ3v) is 6.11. The number of aromatic nitrogens is 2. The van der Waals surface area contributed by atoms with Crippen LogP contribution in [0.2, 0.25) is 0 Å². The number of amides is 2. The van der Waals surface area contributed by atoms with E-state index in [-0.39, 0.29) is 6.61 Å². The van der Waals surface area contributed by atoms with Gasteiger partial charge >= 0.3 is 12.0 Å². The predicted octanol–water partition coefficient (Wildman–Crippen LogP) is 5.12. The minimum Gasteiger partial charge on any atom is -0.466 e. The maximum absolute atomic E-state index is 13.0. The summed E-state index contributed by atoms with van der Waals surface area (Å²) in [4.78, 5) is 35.3. The number of anilines is 3. The lowest BCUT2D eigenvalue weighted by molar-refractivity contribution is -0.134. The molecule has 194 valence electrons. The Hall–Kier alpha value is -3.46. The second kappa shape index (κ2) is 13.6. The van der Waals surface area contributed by atoms with E-state index in [2.05, 4.69) is 39.3 Å². The summed E-state index contributed by atoms with van der Waals surface area (Å²) in [6.45, 7) is 5.50. The Labute approximate surface area is 213 Å². The Kier molecular flexibility index (Phi) is 10.2. The number of hydrogen-bond acceptors (Lipinski definition) is 7. The number of benzene rings is 1. The van der Waals surface area contributed by atoms with Crippen LogP contribution in [-0.4, -0.2) is 55.4 Å². The molecule has 1 aromatic carbocycles. The fraction of sp³-hybridized carbons (Fsp3) is 0.481. The average molecular weight is 496 g/mol. The average Bonchev–Trinajstić information content (AvgIpc) is 2.88. The number of carbonyl (C=O) groups excluding carboxylic acids is 2. The summed E-state index contributed by atoms with van der Waals surface area (Å²) in [5.74, 6) is -0.0240. The molecular formula is C27H37N5O4. The molecule has 1 heterocycles. The van der Waals surface area contributed by atoms with Gasteiger partial charge in [0.15, 0.2) is 0 Å². The topological polar surface area (TPSA) is 106 Å². The van der Waals surface area contributed by atoms with E-state index in [0.29, 0.717) is 28.9 Å². The Morgan fingerprint density at radius 2 is 1.83 bits per heavy atom. The molecule has 0 bridgehead atoms. The van der Waals surface area contributed by atoms with Crippen molar-refractivity contribution in [1.82, 2.24) is 9.97 Å². The van der Waals surface area contributed by atoms with Gasteiger partial charge in [-0.15, -0.1) is 0 Å². The van der Waals surface area contributed by atoms with E-state index >= 15 is 0 Å². The first-order chi connectivity index (χ1) is 17.4. The quantitative estimate of drug-likeness (QED) is 0.348. The summed E-state index contributed by atoms with van der Waals surface area (Å²) in [5, 5.41) is 5.81. The van der Waals surface area contributed by atoms with Gasteiger partial charge in [0, 0.05) is 25.8 Å². The lowest BCUT2D eigenvalue weighted by Gasteiger charge is -2.38. The largest absolute Gasteiger partial charge is 0.466 e. The highest BCUT2D eigenvalue weighted by atomic mass is 16.5. The smallest absolute Gasteiger partial charge is 0.330 e. The van der Waals surface area contributed by atoms with Gasteiger partial charge in [-0.1, -0.05) is 39.2 Å². The van der Waals surface area contributed by atoms with Crippen molar-refractivity contribution in [2.45, 2.75) is 52.0 Å². The zero-order valence-corrected chi connectivity index (χ0v) is 21.6. The van der Waals surface area contributed by atoms with Gasteiger partial charge in [-0.05, 0) is 42.0 Å². The van der Waals surface area contributed by atoms with Crippen molar-refractivity contribution in [3.63, 3.8) is 0 Å². The Morgan fingerprint density at radius 1 is 1.11 bits per heavy atom. The highest BCUT2D eigenvalue weighted by Crippen LogP contribution is 2.35. The van der Waals surface area contributed by atoms with Crippen molar-refractivity contribution in [2.75, 3.05) is 42.9 Å². The van der Waals surface area contributed by atoms with E-state index in [9.17, 15) is 9.59 Å². The maximum Gasteiger partial charge on any atom is 0.330 e. The van der Waals surface area contributed by atoms with E-state index in [4.69, 9.17) is 9.47 Å². The SMILES string of the molecule is COC/C(=C/C(=O)OC)c1ccc(N(CC(C)C)C2CCCCC2)c(NC(=O)Nc2cncnc2)c1. The zero-order valence-electron chi connectivity index (χ0n) is 21.6. The Bertz CT molecular complexity index is 1040. The molecule has 0 spiro atoms. The number of esters is 1. The predicted molar refractivity (Wildman–Crippen MR) is 142 cm³/mol. The van der Waals surface area contributed by atoms with Crippen LogP contribution in [0.1, 0.15) is 51.5 Å². The molecule has 1 aliphatic rings. The number of urea groups is 1. The molecule has 2 amide bonds. The third kappa shape index (κ3) is 7.78. The maximum atomic E-state index is 13.0. The van der Waals surface area contributed by atoms with Gasteiger partial charge in [-0.25, -0.2) is 19.6 Å². The molecule has 36 heavy (non-hydrogen) atoms. The standard InChI is InChI=1S/C27H37N5O4/c1-19(2)16-32(23-8-6-5-7-9-23)25-11-10-20(21(17-35-3)13-26(33)36-4)12-24(25)31-27(34)30-22-14-28-18-29-15-22/h10-15,18-19,23H,5-9,16-17H2,1-4H3,(H2,30,31,34)/b21-13-. The monoisotopic (exact) mass is 495 g/mol. The van der Waals surface area contributed by atoms with Gasteiger partial charge in [0.25, 0.3) is 0 Å². The third-order valence-electron chi connectivity index (χ3n) is 6.11. The molecule has 3 rings (SSSR count). The molecule has 1 fully saturated rings. The zero-order chi connectivity index (χ0) is 25.9. The van der Waals surface area contributed by atoms with Gasteiger partial charge in [0.2, 0.25) is 0 Å². The number of methoxy groups -OCH3 is 2. The van der Waals surface area contributed by atoms with Crippen molar-refractivity contribution >= 4 is 34.6 Å². The highest BCUT2D eigenvalue weighted by Gasteiger charge is 2.25. The summed E-state index contributed by atoms with van der Waals surface area (Å²) in [6.07, 6.45) is 11.8. The molecule has 0 radical (unpaired) electrons. The summed E-state index contributed by atoms with van der Waals surface area (Å²) < 4.78 is 10.2. The summed E-state index contributed by atoms with van der Waals surface area (Å²) >= 11 is 0. The fourth-order valence-electron chi connectivity index (χ4n) is 4.53. The normalized spacial score (nSPS) is 14.4. The van der Waals surface area contributed by atoms with Crippen LogP contribution in [0, 0.1) is 5.92 Å². The van der Waals surface area contributed by atoms with Crippen LogP contribution in [-0.2, 0) is 14.3 Å². The number of rotatable bonds is 10. The number of hydrogen-bond donors (Lipinski definition) is 2. The minimum atomic E-state index is -0.467. The molecule has 9 heteroatoms. The van der Waals surface area contributed by atoms with Crippen LogP contribution in [0.3, 0.4) is 0 Å². The van der Waals surface area contributed by atoms with Crippen molar-refractivity contribution in [1.29, 1.82) is 0 Å². The lowest BCUT2D eigenvalue weighted by Crippen LogP contribution is -2.40. The van der Waals surface area contributed by atoms with Gasteiger partial charge in [0.05, 0.1) is 43.2 Å². The van der Waals surface area contributed by atoms with E-state index in [1.165, 1.54) is 51.2 Å². The molecule has 1 aromatic heterocycles. The van der Waals surface area contributed by atoms with E-state index < -0.39 is 12.0 Å². The number of nitrogens with one attached hydrogen (secondary N) is 2. The second-order valence-corrected chi connectivity index (χ2v) is 9.40. The van der Waals surface area contributed by atoms with E-state index in [1.807, 2.05) is 18.2 Å². The van der Waals surface area contributed by atoms with Crippen molar-refractivity contribution in [2.24, 2.45) is 5.92 Å². The van der Waals surface area contributed by atoms with Crippen LogP contribution in [0.15, 0.2) is 43.0 Å². The summed E-state index contributed by atoms with van der Waals surface area (Å²) in [7, 11) is 2.91. The molecule has 1 aliphatic carbocycles. The molecule has 0 unspecified atom stereocenters. The van der Waals surface area contributed by atoms with Crippen LogP contribution in [0.25, 0.3) is 5.57 Å². The van der Waals surface area contributed by atoms with Gasteiger partial charge in [0.1, 0.15) is 6.33 Å². The van der Waals surface area contributed by atoms with Crippen LogP contribution >= 0.6 is 0 Å². The molecule has 2 aromatic rings. The van der Waals surface area contributed by atoms with Crippen molar-refractivity contribution in [3.05, 3.63) is 48.6 Å². The van der Waals surface area contributed by atoms with Gasteiger partial charge in [-0.2, -0.15) is 0 Å². The second-order valence-electron chi connectivity index (χ2n) is 9.40. The molecule has 1 saturated carbocycles. The van der Waals surface area contributed by atoms with Crippen LogP contribution < -0.4 is 15.5 Å². The van der Waals surface area contributed by atoms with Gasteiger partial charge in [-0.3, -0.25) is 0 Å². The van der Waals surface area contributed by atoms with Crippen molar-refractivity contribution in [3.8, 4) is 0 Å². The molecule has 0 aliphatic heterocycles. The Balaban J connectivity index is 2.02. The van der Waals surface area contributed by atoms with Crippen LogP contribution in [0.5, 0.6) is 0 Å². The molecule has 9 nitrogen and oxygen atoms in total. The number of ether oxygens (including phenoxy) is 2. The molecular weight excluding hydrogens is 458 g/mol. The molecule has 0 atom stereocenters. The summed E-state index contributed by atoms with van der Waals surface area (Å²) in [6, 6.07) is 5.88. The van der Waals surface area contributed by atoms with E-state index in [1.54, 1.807) is 7.11 Å². The molecule has 2 N–H and O–H groups in total. The fourth-order valence-corrected chi connectivity index (χ4v) is 4.53. The minimum absolute atomic E-state index is 0.222. The highest BCUT2D eigenvalue weighted by molar-refractivity contribution is 6.02. The molecule has 0 saturated heterocycles. The van der Waals surface area contributed by atoms with Crippen molar-refractivity contribution < 1.29 is 19.1 Å². The number of carbonyl (C=O) groups is 2. The first kappa shape index (κ1) is 27.1. The first-order valence-electron chi connectivity index (χ1n) is 12.4.